The van der Waals surface area contributed by atoms with Gasteiger partial charge in [-0.3, -0.25) is 9.69 Å². The van der Waals surface area contributed by atoms with Crippen LogP contribution in [0, 0.1) is 11.7 Å². The van der Waals surface area contributed by atoms with Crippen LogP contribution in [-0.2, 0) is 17.1 Å². The molecule has 1 N–H and O–H groups in total. The van der Waals surface area contributed by atoms with Crippen LogP contribution in [0.5, 0.6) is 0 Å². The van der Waals surface area contributed by atoms with Crippen molar-refractivity contribution in [1.82, 2.24) is 10.2 Å². The highest BCUT2D eigenvalue weighted by Gasteiger charge is 2.25. The number of halogens is 3. The van der Waals surface area contributed by atoms with Crippen molar-refractivity contribution in [2.45, 2.75) is 25.1 Å². The Labute approximate surface area is 185 Å². The molecule has 2 aromatic rings. The first-order valence-corrected chi connectivity index (χ1v) is 11.7. The number of piperidine rings is 1. The lowest BCUT2D eigenvalue weighted by Gasteiger charge is -2.31. The second-order valence-electron chi connectivity index (χ2n) is 7.26. The Bertz CT molecular complexity index is 811. The Morgan fingerprint density at radius 1 is 1.10 bits per heavy atom. The minimum absolute atomic E-state index is 0.0441. The molecule has 0 aromatic heterocycles. The van der Waals surface area contributed by atoms with Gasteiger partial charge >= 0.3 is 0 Å². The molecular weight excluding hydrogens is 430 g/mol. The lowest BCUT2D eigenvalue weighted by atomic mass is 9.95. The summed E-state index contributed by atoms with van der Waals surface area (Å²) in [5.41, 5.74) is 1.88. The van der Waals surface area contributed by atoms with E-state index in [9.17, 15) is 9.18 Å². The van der Waals surface area contributed by atoms with Crippen molar-refractivity contribution in [3.05, 3.63) is 69.5 Å². The molecule has 7 heteroatoms. The van der Waals surface area contributed by atoms with Gasteiger partial charge in [-0.25, -0.2) is 4.39 Å². The molecule has 0 spiro atoms. The Balaban J connectivity index is 1.32. The number of hydrogen-bond acceptors (Lipinski definition) is 3. The van der Waals surface area contributed by atoms with Gasteiger partial charge in [0.15, 0.2) is 0 Å². The molecule has 0 saturated carbocycles. The Kier molecular flexibility index (Phi) is 8.67. The van der Waals surface area contributed by atoms with Crippen LogP contribution in [0.1, 0.15) is 24.0 Å². The predicted molar refractivity (Wildman–Crippen MR) is 120 cm³/mol. The molecule has 1 fully saturated rings. The lowest BCUT2D eigenvalue weighted by molar-refractivity contribution is -0.126. The zero-order valence-electron chi connectivity index (χ0n) is 16.2. The molecule has 2 aromatic carbocycles. The van der Waals surface area contributed by atoms with Gasteiger partial charge in [0.2, 0.25) is 5.91 Å². The highest BCUT2D eigenvalue weighted by molar-refractivity contribution is 7.98. The molecule has 3 nitrogen and oxygen atoms in total. The minimum atomic E-state index is -0.270. The molecule has 3 rings (SSSR count). The maximum atomic E-state index is 14.0. The van der Waals surface area contributed by atoms with Gasteiger partial charge in [-0.2, -0.15) is 11.8 Å². The quantitative estimate of drug-likeness (QED) is 0.542. The van der Waals surface area contributed by atoms with E-state index in [2.05, 4.69) is 10.2 Å². The van der Waals surface area contributed by atoms with E-state index >= 15 is 0 Å². The van der Waals surface area contributed by atoms with E-state index in [0.29, 0.717) is 23.7 Å². The maximum Gasteiger partial charge on any atom is 0.223 e. The molecule has 156 valence electrons. The number of benzene rings is 2. The summed E-state index contributed by atoms with van der Waals surface area (Å²) in [6.07, 6.45) is 1.61. The second-order valence-corrected chi connectivity index (χ2v) is 9.23. The van der Waals surface area contributed by atoms with Crippen molar-refractivity contribution >= 4 is 40.9 Å². The van der Waals surface area contributed by atoms with Crippen molar-refractivity contribution in [2.75, 3.05) is 25.4 Å². The SMILES string of the molecule is O=C(NCCSCc1ccc(Cl)cc1)C1CCN(Cc2ccc(Cl)cc2F)CC1. The lowest BCUT2D eigenvalue weighted by Crippen LogP contribution is -2.40. The molecule has 0 radical (unpaired) electrons. The minimum Gasteiger partial charge on any atom is -0.355 e. The molecule has 1 aliphatic rings. The first kappa shape index (κ1) is 22.4. The smallest absolute Gasteiger partial charge is 0.223 e. The largest absolute Gasteiger partial charge is 0.355 e. The summed E-state index contributed by atoms with van der Waals surface area (Å²) in [6, 6.07) is 12.6. The summed E-state index contributed by atoms with van der Waals surface area (Å²) in [4.78, 5) is 14.6. The second kappa shape index (κ2) is 11.2. The van der Waals surface area contributed by atoms with Crippen LogP contribution in [0.15, 0.2) is 42.5 Å². The van der Waals surface area contributed by atoms with Gasteiger partial charge in [0.1, 0.15) is 5.82 Å². The molecule has 0 unspecified atom stereocenters. The number of rotatable bonds is 8. The van der Waals surface area contributed by atoms with Gasteiger partial charge in [-0.1, -0.05) is 41.4 Å². The molecule has 0 atom stereocenters. The van der Waals surface area contributed by atoms with Crippen LogP contribution in [0.4, 0.5) is 4.39 Å². The van der Waals surface area contributed by atoms with Crippen molar-refractivity contribution in [2.24, 2.45) is 5.92 Å². The predicted octanol–water partition coefficient (Wildman–Crippen LogP) is 5.39. The average Bonchev–Trinajstić information content (AvgIpc) is 2.71. The van der Waals surface area contributed by atoms with Gasteiger partial charge in [-0.15, -0.1) is 0 Å². The third kappa shape index (κ3) is 7.18. The summed E-state index contributed by atoms with van der Waals surface area (Å²) in [7, 11) is 0. The van der Waals surface area contributed by atoms with E-state index < -0.39 is 0 Å². The first-order valence-electron chi connectivity index (χ1n) is 9.77. The van der Waals surface area contributed by atoms with Crippen molar-refractivity contribution in [1.29, 1.82) is 0 Å². The fourth-order valence-corrected chi connectivity index (χ4v) is 4.51. The van der Waals surface area contributed by atoms with Gasteiger partial charge in [0.05, 0.1) is 0 Å². The molecular formula is C22H25Cl2FN2OS. The van der Waals surface area contributed by atoms with Crippen LogP contribution in [0.2, 0.25) is 10.0 Å². The number of hydrogen-bond donors (Lipinski definition) is 1. The van der Waals surface area contributed by atoms with Crippen molar-refractivity contribution < 1.29 is 9.18 Å². The van der Waals surface area contributed by atoms with E-state index in [1.54, 1.807) is 23.9 Å². The molecule has 1 aliphatic heterocycles. The topological polar surface area (TPSA) is 32.3 Å². The normalized spacial score (nSPS) is 15.4. The van der Waals surface area contributed by atoms with E-state index in [0.717, 1.165) is 42.5 Å². The Morgan fingerprint density at radius 2 is 1.79 bits per heavy atom. The number of thioether (sulfide) groups is 1. The average molecular weight is 455 g/mol. The number of nitrogens with zero attached hydrogens (tertiary/aromatic N) is 1. The molecule has 0 aliphatic carbocycles. The monoisotopic (exact) mass is 454 g/mol. The van der Waals surface area contributed by atoms with E-state index in [-0.39, 0.29) is 17.6 Å². The zero-order chi connectivity index (χ0) is 20.6. The highest BCUT2D eigenvalue weighted by atomic mass is 35.5. The fraction of sp³-hybridized carbons (Fsp3) is 0.409. The standard InChI is InChI=1S/C22H25Cl2FN2OS/c23-19-4-1-16(2-5-19)15-29-12-9-26-22(28)17-7-10-27(11-8-17)14-18-3-6-20(24)13-21(18)25/h1-6,13,17H,7-12,14-15H2,(H,26,28). The molecule has 1 saturated heterocycles. The van der Waals surface area contributed by atoms with E-state index in [4.69, 9.17) is 23.2 Å². The van der Waals surface area contributed by atoms with Crippen molar-refractivity contribution in [3.8, 4) is 0 Å². The van der Waals surface area contributed by atoms with Crippen LogP contribution in [0.25, 0.3) is 0 Å². The zero-order valence-corrected chi connectivity index (χ0v) is 18.5. The summed E-state index contributed by atoms with van der Waals surface area (Å²) in [5.74, 6) is 1.70. The molecule has 1 heterocycles. The number of likely N-dealkylation sites (tertiary alicyclic amines) is 1. The number of nitrogens with one attached hydrogen (secondary N) is 1. The van der Waals surface area contributed by atoms with E-state index in [1.165, 1.54) is 11.6 Å². The maximum absolute atomic E-state index is 14.0. The van der Waals surface area contributed by atoms with Gasteiger partial charge in [-0.05, 0) is 55.8 Å². The van der Waals surface area contributed by atoms with Gasteiger partial charge in [0, 0.05) is 46.1 Å². The first-order chi connectivity index (χ1) is 14.0. The molecule has 0 bridgehead atoms. The van der Waals surface area contributed by atoms with Crippen LogP contribution < -0.4 is 5.32 Å². The Hall–Kier alpha value is -1.27. The summed E-state index contributed by atoms with van der Waals surface area (Å²) in [6.45, 7) is 2.82. The summed E-state index contributed by atoms with van der Waals surface area (Å²) < 4.78 is 14.0. The summed E-state index contributed by atoms with van der Waals surface area (Å²) in [5, 5.41) is 4.21. The van der Waals surface area contributed by atoms with E-state index in [1.807, 2.05) is 24.3 Å². The molecule has 1 amide bonds. The van der Waals surface area contributed by atoms with Gasteiger partial charge < -0.3 is 5.32 Å². The third-order valence-electron chi connectivity index (χ3n) is 5.10. The third-order valence-corrected chi connectivity index (χ3v) is 6.61. The van der Waals surface area contributed by atoms with Gasteiger partial charge in [0.25, 0.3) is 0 Å². The highest BCUT2D eigenvalue weighted by Crippen LogP contribution is 2.22. The van der Waals surface area contributed by atoms with Crippen molar-refractivity contribution in [3.63, 3.8) is 0 Å². The Morgan fingerprint density at radius 3 is 2.48 bits per heavy atom. The fourth-order valence-electron chi connectivity index (χ4n) is 3.41. The van der Waals surface area contributed by atoms with Crippen LogP contribution in [0.3, 0.4) is 0 Å². The molecule has 29 heavy (non-hydrogen) atoms. The number of carbonyl (C=O) groups excluding carboxylic acids is 1. The van der Waals surface area contributed by atoms with Crippen LogP contribution >= 0.6 is 35.0 Å². The van der Waals surface area contributed by atoms with Crippen LogP contribution in [-0.4, -0.2) is 36.2 Å². The number of amides is 1. The summed E-state index contributed by atoms with van der Waals surface area (Å²) >= 11 is 13.5. The number of carbonyl (C=O) groups is 1.